The summed E-state index contributed by atoms with van der Waals surface area (Å²) in [6, 6.07) is 10.7. The fourth-order valence-corrected chi connectivity index (χ4v) is 3.35. The normalized spacial score (nSPS) is 19.8. The number of carbonyl (C=O) groups excluding carboxylic acids is 2. The fourth-order valence-electron chi connectivity index (χ4n) is 2.09. The van der Waals surface area contributed by atoms with E-state index in [9.17, 15) is 14.9 Å². The average molecular weight is 317 g/mol. The van der Waals surface area contributed by atoms with Crippen LogP contribution in [0.3, 0.4) is 0 Å². The van der Waals surface area contributed by atoms with E-state index < -0.39 is 11.2 Å². The van der Waals surface area contributed by atoms with Crippen LogP contribution < -0.4 is 10.2 Å². The van der Waals surface area contributed by atoms with E-state index in [1.165, 1.54) is 11.9 Å². The Morgan fingerprint density at radius 3 is 2.68 bits per heavy atom. The van der Waals surface area contributed by atoms with Crippen molar-refractivity contribution in [1.82, 2.24) is 5.32 Å². The molecule has 0 unspecified atom stereocenters. The Kier molecular flexibility index (Phi) is 5.20. The molecule has 1 aliphatic heterocycles. The van der Waals surface area contributed by atoms with Gasteiger partial charge in [0.1, 0.15) is 16.7 Å². The molecule has 6 nitrogen and oxygen atoms in total. The topological polar surface area (TPSA) is 93.4 Å². The van der Waals surface area contributed by atoms with E-state index in [4.69, 9.17) is 5.11 Å². The van der Waals surface area contributed by atoms with Crippen LogP contribution in [0.4, 0.5) is 5.69 Å². The van der Waals surface area contributed by atoms with E-state index in [2.05, 4.69) is 5.32 Å². The van der Waals surface area contributed by atoms with Gasteiger partial charge in [0.05, 0.1) is 5.25 Å². The predicted octanol–water partition coefficient (Wildman–Crippen LogP) is 0.999. The summed E-state index contributed by atoms with van der Waals surface area (Å²) < 4.78 is 0. The molecule has 1 aliphatic rings. The first-order chi connectivity index (χ1) is 10.6. The molecule has 0 aliphatic carbocycles. The van der Waals surface area contributed by atoms with E-state index in [0.29, 0.717) is 10.7 Å². The molecule has 1 heterocycles. The lowest BCUT2D eigenvalue weighted by atomic mass is 10.2. The number of rotatable bonds is 4. The number of benzene rings is 1. The van der Waals surface area contributed by atoms with Crippen LogP contribution in [0.2, 0.25) is 0 Å². The van der Waals surface area contributed by atoms with Crippen LogP contribution in [0.1, 0.15) is 6.42 Å². The molecule has 0 aromatic heterocycles. The number of aliphatic hydroxyl groups excluding tert-OH is 1. The first-order valence-electron chi connectivity index (χ1n) is 6.67. The third-order valence-corrected chi connectivity index (χ3v) is 4.47. The van der Waals surface area contributed by atoms with Crippen molar-refractivity contribution in [1.29, 1.82) is 5.26 Å². The summed E-state index contributed by atoms with van der Waals surface area (Å²) in [6.07, 6.45) is 0.267. The van der Waals surface area contributed by atoms with Crippen molar-refractivity contribution in [2.24, 2.45) is 0 Å². The second-order valence-electron chi connectivity index (χ2n) is 4.50. The van der Waals surface area contributed by atoms with Crippen LogP contribution in [0.25, 0.3) is 0 Å². The van der Waals surface area contributed by atoms with Gasteiger partial charge in [0.25, 0.3) is 5.91 Å². The van der Waals surface area contributed by atoms with Crippen LogP contribution in [-0.4, -0.2) is 35.8 Å². The largest absolute Gasteiger partial charge is 0.396 e. The molecule has 0 bridgehead atoms. The molecule has 1 fully saturated rings. The lowest BCUT2D eigenvalue weighted by Gasteiger charge is -2.18. The number of hydrogen-bond acceptors (Lipinski definition) is 5. The standard InChI is InChI=1S/C15H15N3O3S/c1-17-13(20)11(9-16)15-18(10-5-3-2-4-6-10)14(21)12(22-15)7-8-19/h2-6,12,19H,7-8H2,1H3,(H,17,20)/b15-11+/t12-/m0/s1. The van der Waals surface area contributed by atoms with Gasteiger partial charge in [0.15, 0.2) is 0 Å². The number of nitrogens with one attached hydrogen (secondary N) is 1. The quantitative estimate of drug-likeness (QED) is 0.638. The van der Waals surface area contributed by atoms with Gasteiger partial charge in [-0.1, -0.05) is 30.0 Å². The van der Waals surface area contributed by atoms with Gasteiger partial charge >= 0.3 is 0 Å². The third-order valence-electron chi connectivity index (χ3n) is 3.14. The minimum atomic E-state index is -0.539. The maximum absolute atomic E-state index is 12.6. The van der Waals surface area contributed by atoms with Gasteiger partial charge in [-0.15, -0.1) is 0 Å². The predicted molar refractivity (Wildman–Crippen MR) is 83.7 cm³/mol. The number of amides is 2. The second kappa shape index (κ2) is 7.11. The van der Waals surface area contributed by atoms with Crippen LogP contribution in [0, 0.1) is 11.3 Å². The molecule has 2 N–H and O–H groups in total. The summed E-state index contributed by atoms with van der Waals surface area (Å²) in [7, 11) is 1.43. The Bertz CT molecular complexity index is 652. The maximum Gasteiger partial charge on any atom is 0.264 e. The highest BCUT2D eigenvalue weighted by molar-refractivity contribution is 8.05. The van der Waals surface area contributed by atoms with Gasteiger partial charge in [-0.2, -0.15) is 5.26 Å². The number of nitrogens with zero attached hydrogens (tertiary/aromatic N) is 2. The molecular weight excluding hydrogens is 302 g/mol. The first kappa shape index (κ1) is 16.1. The van der Waals surface area contributed by atoms with Gasteiger partial charge < -0.3 is 10.4 Å². The molecule has 7 heteroatoms. The van der Waals surface area contributed by atoms with Gasteiger partial charge in [-0.05, 0) is 18.6 Å². The number of thioether (sulfide) groups is 1. The van der Waals surface area contributed by atoms with Crippen molar-refractivity contribution in [2.75, 3.05) is 18.6 Å². The SMILES string of the molecule is CNC(=O)/C(C#N)=C1/S[C@@H](CCO)C(=O)N1c1ccccc1. The van der Waals surface area contributed by atoms with Crippen molar-refractivity contribution in [3.63, 3.8) is 0 Å². The van der Waals surface area contributed by atoms with Gasteiger partial charge in [0.2, 0.25) is 5.91 Å². The van der Waals surface area contributed by atoms with Crippen LogP contribution in [0.5, 0.6) is 0 Å². The average Bonchev–Trinajstić information content (AvgIpc) is 2.86. The van der Waals surface area contributed by atoms with E-state index in [0.717, 1.165) is 11.8 Å². The van der Waals surface area contributed by atoms with Gasteiger partial charge in [-0.25, -0.2) is 0 Å². The molecule has 0 saturated carbocycles. The Morgan fingerprint density at radius 2 is 2.14 bits per heavy atom. The zero-order chi connectivity index (χ0) is 16.1. The summed E-state index contributed by atoms with van der Waals surface area (Å²) in [5.41, 5.74) is 0.484. The summed E-state index contributed by atoms with van der Waals surface area (Å²) in [4.78, 5) is 25.8. The summed E-state index contributed by atoms with van der Waals surface area (Å²) in [5, 5.41) is 20.6. The number of likely N-dealkylation sites (N-methyl/N-ethyl adjacent to an activating group) is 1. The monoisotopic (exact) mass is 317 g/mol. The molecular formula is C15H15N3O3S. The highest BCUT2D eigenvalue weighted by atomic mass is 32.2. The highest BCUT2D eigenvalue weighted by Gasteiger charge is 2.40. The minimum Gasteiger partial charge on any atom is -0.396 e. The zero-order valence-electron chi connectivity index (χ0n) is 11.9. The molecule has 2 rings (SSSR count). The summed E-state index contributed by atoms with van der Waals surface area (Å²) in [6.45, 7) is -0.138. The fraction of sp³-hybridized carbons (Fsp3) is 0.267. The molecule has 22 heavy (non-hydrogen) atoms. The van der Waals surface area contributed by atoms with Crippen LogP contribution in [0.15, 0.2) is 40.9 Å². The Hall–Kier alpha value is -2.30. The molecule has 0 spiro atoms. The van der Waals surface area contributed by atoms with Gasteiger partial charge in [0, 0.05) is 19.3 Å². The molecule has 0 radical (unpaired) electrons. The number of hydrogen-bond donors (Lipinski definition) is 2. The third kappa shape index (κ3) is 2.98. The first-order valence-corrected chi connectivity index (χ1v) is 7.55. The summed E-state index contributed by atoms with van der Waals surface area (Å²) >= 11 is 1.14. The molecule has 1 aromatic carbocycles. The lowest BCUT2D eigenvalue weighted by Crippen LogP contribution is -2.31. The number of nitriles is 1. The number of anilines is 1. The lowest BCUT2D eigenvalue weighted by molar-refractivity contribution is -0.117. The molecule has 114 valence electrons. The van der Waals surface area contributed by atoms with Crippen molar-refractivity contribution in [3.8, 4) is 6.07 Å². The van der Waals surface area contributed by atoms with Crippen molar-refractivity contribution in [3.05, 3.63) is 40.9 Å². The minimum absolute atomic E-state index is 0.106. The van der Waals surface area contributed by atoms with E-state index >= 15 is 0 Å². The van der Waals surface area contributed by atoms with E-state index in [1.807, 2.05) is 12.1 Å². The smallest absolute Gasteiger partial charge is 0.264 e. The van der Waals surface area contributed by atoms with Crippen LogP contribution >= 0.6 is 11.8 Å². The van der Waals surface area contributed by atoms with Crippen molar-refractivity contribution >= 4 is 29.3 Å². The second-order valence-corrected chi connectivity index (χ2v) is 5.69. The van der Waals surface area contributed by atoms with Crippen molar-refractivity contribution in [2.45, 2.75) is 11.7 Å². The van der Waals surface area contributed by atoms with E-state index in [1.54, 1.807) is 24.3 Å². The van der Waals surface area contributed by atoms with Gasteiger partial charge in [-0.3, -0.25) is 14.5 Å². The highest BCUT2D eigenvalue weighted by Crippen LogP contribution is 2.41. The molecule has 1 saturated heterocycles. The number of aliphatic hydroxyl groups is 1. The zero-order valence-corrected chi connectivity index (χ0v) is 12.8. The Morgan fingerprint density at radius 1 is 1.45 bits per heavy atom. The molecule has 1 atom stereocenters. The molecule has 2 amide bonds. The van der Waals surface area contributed by atoms with Crippen LogP contribution in [-0.2, 0) is 9.59 Å². The molecule has 1 aromatic rings. The Balaban J connectivity index is 2.54. The maximum atomic E-state index is 12.6. The van der Waals surface area contributed by atoms with Crippen molar-refractivity contribution < 1.29 is 14.7 Å². The van der Waals surface area contributed by atoms with E-state index in [-0.39, 0.29) is 24.5 Å². The Labute approximate surface area is 132 Å². The summed E-state index contributed by atoms with van der Waals surface area (Å²) in [5.74, 6) is -0.778. The number of para-hydroxylation sites is 1. The number of carbonyl (C=O) groups is 2.